The summed E-state index contributed by atoms with van der Waals surface area (Å²) in [6.45, 7) is -3.44. The maximum Gasteiger partial charge on any atom is 0.497 e. The first-order valence-electron chi connectivity index (χ1n) is 3.62. The summed E-state index contributed by atoms with van der Waals surface area (Å²) in [7, 11) is 0. The molecule has 0 aliphatic rings. The summed E-state index contributed by atoms with van der Waals surface area (Å²) >= 11 is 0. The molecule has 0 aliphatic heterocycles. The minimum Gasteiger partial charge on any atom is -0.448 e. The van der Waals surface area contributed by atoms with Crippen molar-refractivity contribution < 1.29 is 12.9 Å². The highest BCUT2D eigenvalue weighted by Crippen LogP contribution is 2.09. The molecule has 0 radical (unpaired) electrons. The second-order valence-electron chi connectivity index (χ2n) is 2.73. The SMILES string of the molecule is Cc1cc(=O)n(C[B-](F)(F)F)cn1. The van der Waals surface area contributed by atoms with Gasteiger partial charge in [0.15, 0.2) is 0 Å². The molecule has 1 aromatic rings. The van der Waals surface area contributed by atoms with Crippen molar-refractivity contribution in [3.05, 3.63) is 28.4 Å². The number of nitrogens with zero attached hydrogens (tertiary/aromatic N) is 2. The number of aromatic nitrogens is 2. The van der Waals surface area contributed by atoms with Crippen LogP contribution in [0.15, 0.2) is 17.2 Å². The van der Waals surface area contributed by atoms with Gasteiger partial charge >= 0.3 is 6.98 Å². The third-order valence-corrected chi connectivity index (χ3v) is 1.42. The van der Waals surface area contributed by atoms with Crippen molar-refractivity contribution in [2.75, 3.05) is 0 Å². The standard InChI is InChI=1S/C6H7BF3N2O/c1-5-2-6(13)12(4-11-5)3-7(8,9)10/h2,4H,3H2,1H3/q-1. The molecule has 0 saturated carbocycles. The lowest BCUT2D eigenvalue weighted by atomic mass is 9.92. The van der Waals surface area contributed by atoms with Crippen LogP contribution in [0.1, 0.15) is 5.69 Å². The van der Waals surface area contributed by atoms with E-state index < -0.39 is 19.0 Å². The third-order valence-electron chi connectivity index (χ3n) is 1.42. The summed E-state index contributed by atoms with van der Waals surface area (Å²) in [6, 6.07) is 1.07. The summed E-state index contributed by atoms with van der Waals surface area (Å²) in [4.78, 5) is 14.5. The lowest BCUT2D eigenvalue weighted by Crippen LogP contribution is -2.31. The molecule has 0 unspecified atom stereocenters. The maximum atomic E-state index is 11.9. The van der Waals surface area contributed by atoms with Gasteiger partial charge in [0.05, 0.1) is 6.33 Å². The van der Waals surface area contributed by atoms with Gasteiger partial charge in [0.1, 0.15) is 0 Å². The van der Waals surface area contributed by atoms with Crippen molar-refractivity contribution in [1.29, 1.82) is 0 Å². The minimum absolute atomic E-state index is 0.413. The van der Waals surface area contributed by atoms with Crippen LogP contribution in [0.2, 0.25) is 0 Å². The number of halogens is 3. The van der Waals surface area contributed by atoms with E-state index >= 15 is 0 Å². The molecule has 0 spiro atoms. The average Bonchev–Trinajstić information content (AvgIpc) is 1.93. The van der Waals surface area contributed by atoms with Crippen molar-refractivity contribution in [2.45, 2.75) is 13.4 Å². The molecule has 0 saturated heterocycles. The van der Waals surface area contributed by atoms with E-state index in [4.69, 9.17) is 0 Å². The van der Waals surface area contributed by atoms with E-state index in [1.165, 1.54) is 0 Å². The fraction of sp³-hybridized carbons (Fsp3) is 0.333. The molecule has 1 aromatic heterocycles. The van der Waals surface area contributed by atoms with Gasteiger partial charge < -0.3 is 17.5 Å². The highest BCUT2D eigenvalue weighted by atomic mass is 19.4. The van der Waals surface area contributed by atoms with Crippen LogP contribution in [0.4, 0.5) is 12.9 Å². The van der Waals surface area contributed by atoms with Gasteiger partial charge in [-0.1, -0.05) is 0 Å². The molecular formula is C6H7BF3N2O-. The Morgan fingerprint density at radius 3 is 2.62 bits per heavy atom. The normalized spacial score (nSPS) is 11.7. The molecule has 1 heterocycles. The first kappa shape index (κ1) is 9.82. The van der Waals surface area contributed by atoms with E-state index in [0.717, 1.165) is 12.4 Å². The molecule has 3 nitrogen and oxygen atoms in total. The highest BCUT2D eigenvalue weighted by Gasteiger charge is 2.23. The van der Waals surface area contributed by atoms with Crippen molar-refractivity contribution in [2.24, 2.45) is 0 Å². The van der Waals surface area contributed by atoms with Gasteiger partial charge in [0.25, 0.3) is 5.56 Å². The summed E-state index contributed by atoms with van der Waals surface area (Å²) in [5.74, 6) is 0. The second kappa shape index (κ2) is 3.23. The highest BCUT2D eigenvalue weighted by molar-refractivity contribution is 6.57. The predicted molar refractivity (Wildman–Crippen MR) is 42.3 cm³/mol. The molecule has 0 N–H and O–H groups in total. The van der Waals surface area contributed by atoms with Crippen LogP contribution in [0.25, 0.3) is 0 Å². The second-order valence-corrected chi connectivity index (χ2v) is 2.73. The summed E-state index contributed by atoms with van der Waals surface area (Å²) in [5, 5.41) is 0. The van der Waals surface area contributed by atoms with Crippen LogP contribution in [0.3, 0.4) is 0 Å². The number of hydrogen-bond donors (Lipinski definition) is 0. The van der Waals surface area contributed by atoms with Gasteiger partial charge in [-0.2, -0.15) is 0 Å². The molecule has 13 heavy (non-hydrogen) atoms. The molecule has 0 atom stereocenters. The fourth-order valence-electron chi connectivity index (χ4n) is 0.877. The zero-order chi connectivity index (χ0) is 10.1. The largest absolute Gasteiger partial charge is 0.497 e. The number of aryl methyl sites for hydroxylation is 1. The Morgan fingerprint density at radius 1 is 1.54 bits per heavy atom. The van der Waals surface area contributed by atoms with Crippen LogP contribution in [-0.2, 0) is 6.44 Å². The van der Waals surface area contributed by atoms with Gasteiger partial charge in [0, 0.05) is 11.8 Å². The number of rotatable bonds is 2. The molecule has 0 bridgehead atoms. The Labute approximate surface area is 72.3 Å². The van der Waals surface area contributed by atoms with Crippen molar-refractivity contribution in [1.82, 2.24) is 9.55 Å². The maximum absolute atomic E-state index is 11.9. The van der Waals surface area contributed by atoms with E-state index in [9.17, 15) is 17.7 Å². The molecule has 0 aromatic carbocycles. The van der Waals surface area contributed by atoms with E-state index in [-0.39, 0.29) is 0 Å². The van der Waals surface area contributed by atoms with E-state index in [2.05, 4.69) is 4.98 Å². The molecule has 0 aliphatic carbocycles. The average molecular weight is 191 g/mol. The zero-order valence-electron chi connectivity index (χ0n) is 6.88. The molecular weight excluding hydrogens is 184 g/mol. The molecule has 1 rings (SSSR count). The monoisotopic (exact) mass is 191 g/mol. The Hall–Kier alpha value is -1.27. The van der Waals surface area contributed by atoms with Crippen molar-refractivity contribution >= 4 is 6.98 Å². The van der Waals surface area contributed by atoms with Crippen LogP contribution < -0.4 is 5.56 Å². The molecule has 72 valence electrons. The third kappa shape index (κ3) is 2.92. The Balaban J connectivity index is 2.98. The summed E-state index contributed by atoms with van der Waals surface area (Å²) in [5.41, 5.74) is -0.261. The van der Waals surface area contributed by atoms with Gasteiger partial charge in [0.2, 0.25) is 0 Å². The van der Waals surface area contributed by atoms with Gasteiger partial charge in [-0.05, 0) is 13.4 Å². The molecule has 7 heteroatoms. The topological polar surface area (TPSA) is 34.9 Å². The van der Waals surface area contributed by atoms with E-state index in [0.29, 0.717) is 10.3 Å². The van der Waals surface area contributed by atoms with Gasteiger partial charge in [-0.25, -0.2) is 4.98 Å². The van der Waals surface area contributed by atoms with Crippen LogP contribution in [0.5, 0.6) is 0 Å². The van der Waals surface area contributed by atoms with Crippen molar-refractivity contribution in [3.63, 3.8) is 0 Å². The quantitative estimate of drug-likeness (QED) is 0.651. The van der Waals surface area contributed by atoms with E-state index in [1.54, 1.807) is 6.92 Å². The smallest absolute Gasteiger partial charge is 0.448 e. The first-order valence-corrected chi connectivity index (χ1v) is 3.62. The fourth-order valence-corrected chi connectivity index (χ4v) is 0.877. The minimum atomic E-state index is -4.99. The first-order chi connectivity index (χ1) is 5.88. The van der Waals surface area contributed by atoms with Gasteiger partial charge in [-0.15, -0.1) is 0 Å². The Morgan fingerprint density at radius 2 is 2.15 bits per heavy atom. The summed E-state index contributed by atoms with van der Waals surface area (Å²) < 4.78 is 36.2. The number of hydrogen-bond acceptors (Lipinski definition) is 2. The zero-order valence-corrected chi connectivity index (χ0v) is 6.88. The molecule has 0 amide bonds. The van der Waals surface area contributed by atoms with E-state index in [1.807, 2.05) is 0 Å². The van der Waals surface area contributed by atoms with Crippen molar-refractivity contribution in [3.8, 4) is 0 Å². The predicted octanol–water partition coefficient (Wildman–Crippen LogP) is 0.938. The lowest BCUT2D eigenvalue weighted by Gasteiger charge is -2.14. The summed E-state index contributed by atoms with van der Waals surface area (Å²) in [6.07, 6.45) is -0.320. The molecule has 0 fully saturated rings. The van der Waals surface area contributed by atoms with Crippen LogP contribution in [0, 0.1) is 6.92 Å². The lowest BCUT2D eigenvalue weighted by molar-refractivity contribution is 0.441. The van der Waals surface area contributed by atoms with Crippen LogP contribution in [-0.4, -0.2) is 16.5 Å². The van der Waals surface area contributed by atoms with Crippen LogP contribution >= 0.6 is 0 Å². The van der Waals surface area contributed by atoms with Gasteiger partial charge in [-0.3, -0.25) is 4.79 Å². The Bertz CT molecular complexity index is 360. The Kier molecular flexibility index (Phi) is 2.44.